The molecule has 6 nitrogen and oxygen atoms in total. The molecule has 0 heterocycles. The predicted molar refractivity (Wildman–Crippen MR) is 104 cm³/mol. The fourth-order valence-corrected chi connectivity index (χ4v) is 2.57. The molecule has 2 aromatic carbocycles. The van der Waals surface area contributed by atoms with Crippen molar-refractivity contribution in [3.05, 3.63) is 53.3 Å². The van der Waals surface area contributed by atoms with E-state index < -0.39 is 0 Å². The van der Waals surface area contributed by atoms with Gasteiger partial charge >= 0.3 is 0 Å². The summed E-state index contributed by atoms with van der Waals surface area (Å²) in [5, 5.41) is 6.37. The van der Waals surface area contributed by atoms with E-state index in [4.69, 9.17) is 14.2 Å². The predicted octanol–water partition coefficient (Wildman–Crippen LogP) is 3.11. The summed E-state index contributed by atoms with van der Waals surface area (Å²) in [6, 6.07) is 10.2. The maximum Gasteiger partial charge on any atom is 0.203 e. The van der Waals surface area contributed by atoms with Gasteiger partial charge in [0, 0.05) is 13.1 Å². The van der Waals surface area contributed by atoms with E-state index in [0.29, 0.717) is 42.8 Å². The Kier molecular flexibility index (Phi) is 7.73. The minimum absolute atomic E-state index is 0.256. The van der Waals surface area contributed by atoms with E-state index in [-0.39, 0.29) is 5.82 Å². The summed E-state index contributed by atoms with van der Waals surface area (Å²) in [6.07, 6.45) is 0. The molecule has 0 saturated carbocycles. The molecule has 0 aliphatic heterocycles. The van der Waals surface area contributed by atoms with E-state index >= 15 is 0 Å². The summed E-state index contributed by atoms with van der Waals surface area (Å²) >= 11 is 0. The quantitative estimate of drug-likeness (QED) is 0.548. The Bertz CT molecular complexity index is 756. The van der Waals surface area contributed by atoms with Crippen molar-refractivity contribution < 1.29 is 18.6 Å². The summed E-state index contributed by atoms with van der Waals surface area (Å²) in [5.74, 6) is 2.09. The molecular weight excluding hydrogens is 349 g/mol. The Labute approximate surface area is 159 Å². The smallest absolute Gasteiger partial charge is 0.203 e. The molecule has 0 bridgehead atoms. The van der Waals surface area contributed by atoms with Gasteiger partial charge in [-0.3, -0.25) is 0 Å². The van der Waals surface area contributed by atoms with Crippen LogP contribution < -0.4 is 24.8 Å². The van der Waals surface area contributed by atoms with E-state index in [9.17, 15) is 4.39 Å². The number of nitrogens with zero attached hydrogens (tertiary/aromatic N) is 1. The third-order valence-corrected chi connectivity index (χ3v) is 3.84. The number of guanidine groups is 1. The molecule has 2 rings (SSSR count). The van der Waals surface area contributed by atoms with Gasteiger partial charge in [-0.1, -0.05) is 12.1 Å². The normalized spacial score (nSPS) is 11.1. The van der Waals surface area contributed by atoms with Crippen molar-refractivity contribution in [2.45, 2.75) is 20.0 Å². The lowest BCUT2D eigenvalue weighted by Crippen LogP contribution is -2.36. The topological polar surface area (TPSA) is 64.1 Å². The maximum atomic E-state index is 13.3. The second-order valence-electron chi connectivity index (χ2n) is 5.71. The fraction of sp³-hybridized carbons (Fsp3) is 0.350. The number of hydrogen-bond donors (Lipinski definition) is 2. The van der Waals surface area contributed by atoms with Crippen molar-refractivity contribution in [1.82, 2.24) is 10.6 Å². The van der Waals surface area contributed by atoms with Gasteiger partial charge in [-0.15, -0.1) is 0 Å². The van der Waals surface area contributed by atoms with Gasteiger partial charge < -0.3 is 24.8 Å². The lowest BCUT2D eigenvalue weighted by atomic mass is 10.2. The van der Waals surface area contributed by atoms with Gasteiger partial charge in [-0.25, -0.2) is 9.38 Å². The van der Waals surface area contributed by atoms with Crippen molar-refractivity contribution in [3.8, 4) is 17.2 Å². The average Bonchev–Trinajstić information content (AvgIpc) is 2.69. The third kappa shape index (κ3) is 5.77. The number of hydrogen-bond acceptors (Lipinski definition) is 4. The molecule has 0 spiro atoms. The summed E-state index contributed by atoms with van der Waals surface area (Å²) in [6.45, 7) is 3.58. The molecule has 0 amide bonds. The number of aliphatic imine (C=N–C) groups is 1. The molecular formula is C20H26FN3O3. The highest BCUT2D eigenvalue weighted by atomic mass is 19.1. The average molecular weight is 375 g/mol. The maximum absolute atomic E-state index is 13.3. The minimum Gasteiger partial charge on any atom is -0.493 e. The van der Waals surface area contributed by atoms with Crippen molar-refractivity contribution in [1.29, 1.82) is 0 Å². The number of nitrogens with one attached hydrogen (secondary N) is 2. The van der Waals surface area contributed by atoms with Gasteiger partial charge in [0.2, 0.25) is 5.75 Å². The third-order valence-electron chi connectivity index (χ3n) is 3.84. The Morgan fingerprint density at radius 1 is 0.963 bits per heavy atom. The van der Waals surface area contributed by atoms with Gasteiger partial charge in [-0.05, 0) is 42.3 Å². The molecule has 0 radical (unpaired) electrons. The molecule has 0 aliphatic rings. The second-order valence-corrected chi connectivity index (χ2v) is 5.71. The van der Waals surface area contributed by atoms with Gasteiger partial charge in [0.15, 0.2) is 17.5 Å². The molecule has 0 aliphatic carbocycles. The van der Waals surface area contributed by atoms with Gasteiger partial charge in [-0.2, -0.15) is 0 Å². The van der Waals surface area contributed by atoms with Crippen molar-refractivity contribution in [2.24, 2.45) is 4.99 Å². The van der Waals surface area contributed by atoms with Crippen LogP contribution in [0, 0.1) is 5.82 Å². The van der Waals surface area contributed by atoms with Crippen LogP contribution in [0.15, 0.2) is 41.4 Å². The molecule has 0 aromatic heterocycles. The van der Waals surface area contributed by atoms with Crippen LogP contribution in [0.1, 0.15) is 18.1 Å². The Balaban J connectivity index is 2.13. The first-order chi connectivity index (χ1) is 13.1. The van der Waals surface area contributed by atoms with Gasteiger partial charge in [0.05, 0.1) is 27.9 Å². The second kappa shape index (κ2) is 10.3. The van der Waals surface area contributed by atoms with E-state index in [0.717, 1.165) is 11.1 Å². The van der Waals surface area contributed by atoms with Crippen molar-refractivity contribution >= 4 is 5.96 Å². The minimum atomic E-state index is -0.256. The van der Waals surface area contributed by atoms with Crippen LogP contribution in [0.5, 0.6) is 17.2 Å². The number of halogens is 1. The van der Waals surface area contributed by atoms with Crippen LogP contribution in [0.3, 0.4) is 0 Å². The molecule has 2 aromatic rings. The number of rotatable bonds is 8. The first-order valence-electron chi connectivity index (χ1n) is 8.66. The fourth-order valence-electron chi connectivity index (χ4n) is 2.57. The zero-order chi connectivity index (χ0) is 19.6. The SMILES string of the molecule is CCNC(=NCc1cc(OC)c(OC)c(OC)c1)NCc1cccc(F)c1. The lowest BCUT2D eigenvalue weighted by Gasteiger charge is -2.14. The van der Waals surface area contributed by atoms with Crippen LogP contribution in [0.4, 0.5) is 4.39 Å². The summed E-state index contributed by atoms with van der Waals surface area (Å²) in [4.78, 5) is 4.58. The van der Waals surface area contributed by atoms with Crippen molar-refractivity contribution in [2.75, 3.05) is 27.9 Å². The summed E-state index contributed by atoms with van der Waals surface area (Å²) < 4.78 is 29.4. The number of benzene rings is 2. The van der Waals surface area contributed by atoms with Crippen molar-refractivity contribution in [3.63, 3.8) is 0 Å². The highest BCUT2D eigenvalue weighted by Crippen LogP contribution is 2.38. The zero-order valence-electron chi connectivity index (χ0n) is 16.1. The lowest BCUT2D eigenvalue weighted by molar-refractivity contribution is 0.324. The highest BCUT2D eigenvalue weighted by molar-refractivity contribution is 5.79. The van der Waals surface area contributed by atoms with E-state index in [1.54, 1.807) is 27.4 Å². The van der Waals surface area contributed by atoms with Crippen LogP contribution in [0.2, 0.25) is 0 Å². The van der Waals surface area contributed by atoms with Crippen LogP contribution >= 0.6 is 0 Å². The largest absolute Gasteiger partial charge is 0.493 e. The van der Waals surface area contributed by atoms with E-state index in [1.165, 1.54) is 12.1 Å². The van der Waals surface area contributed by atoms with Gasteiger partial charge in [0.25, 0.3) is 0 Å². The Hall–Kier alpha value is -2.96. The molecule has 27 heavy (non-hydrogen) atoms. The van der Waals surface area contributed by atoms with Crippen LogP contribution in [0.25, 0.3) is 0 Å². The molecule has 0 fully saturated rings. The van der Waals surface area contributed by atoms with Crippen LogP contribution in [-0.4, -0.2) is 33.8 Å². The number of ether oxygens (including phenoxy) is 3. The zero-order valence-corrected chi connectivity index (χ0v) is 16.1. The molecule has 0 atom stereocenters. The van der Waals surface area contributed by atoms with Gasteiger partial charge in [0.1, 0.15) is 5.82 Å². The molecule has 0 saturated heterocycles. The number of methoxy groups -OCH3 is 3. The van der Waals surface area contributed by atoms with E-state index in [1.807, 2.05) is 25.1 Å². The van der Waals surface area contributed by atoms with E-state index in [2.05, 4.69) is 15.6 Å². The Morgan fingerprint density at radius 2 is 1.67 bits per heavy atom. The molecule has 0 unspecified atom stereocenters. The molecule has 2 N–H and O–H groups in total. The first-order valence-corrected chi connectivity index (χ1v) is 8.66. The van der Waals surface area contributed by atoms with Crippen LogP contribution in [-0.2, 0) is 13.1 Å². The summed E-state index contributed by atoms with van der Waals surface area (Å²) in [7, 11) is 4.72. The Morgan fingerprint density at radius 3 is 2.22 bits per heavy atom. The standard InChI is InChI=1S/C20H26FN3O3/c1-5-22-20(23-12-14-7-6-8-16(21)9-14)24-13-15-10-17(25-2)19(27-4)18(11-15)26-3/h6-11H,5,12-13H2,1-4H3,(H2,22,23,24). The molecule has 7 heteroatoms. The highest BCUT2D eigenvalue weighted by Gasteiger charge is 2.13. The first kappa shape index (κ1) is 20.4. The molecule has 146 valence electrons. The summed E-state index contributed by atoms with van der Waals surface area (Å²) in [5.41, 5.74) is 1.75. The monoisotopic (exact) mass is 375 g/mol.